The molecule has 6 nitrogen and oxygen atoms in total. The lowest BCUT2D eigenvalue weighted by molar-refractivity contribution is -0.122. The monoisotopic (exact) mass is 385 g/mol. The van der Waals surface area contributed by atoms with Crippen molar-refractivity contribution in [1.29, 1.82) is 0 Å². The van der Waals surface area contributed by atoms with E-state index in [1.165, 1.54) is 6.08 Å². The highest BCUT2D eigenvalue weighted by Gasteiger charge is 2.37. The van der Waals surface area contributed by atoms with Crippen LogP contribution in [0.15, 0.2) is 72.6 Å². The molecule has 1 aliphatic heterocycles. The highest BCUT2D eigenvalue weighted by Crippen LogP contribution is 2.24. The predicted molar refractivity (Wildman–Crippen MR) is 111 cm³/mol. The molecule has 1 N–H and O–H groups in total. The van der Waals surface area contributed by atoms with E-state index in [9.17, 15) is 14.4 Å². The first-order valence-electron chi connectivity index (χ1n) is 9.15. The van der Waals surface area contributed by atoms with Gasteiger partial charge in [-0.2, -0.15) is 0 Å². The third-order valence-electron chi connectivity index (χ3n) is 4.65. The minimum atomic E-state index is -0.746. The summed E-state index contributed by atoms with van der Waals surface area (Å²) in [6.07, 6.45) is 5.17. The standard InChI is InChI=1S/C23H19N3O3/c1-15-10-16(2)12-19(11-15)26-22(28)20(21(27)24-23(26)29)13-17-8-9-25(14-17)18-6-4-3-5-7-18/h3-14H,1-2H3,(H,24,27,29)/b20-13-. The molecule has 1 saturated heterocycles. The molecule has 4 amide bonds. The molecule has 29 heavy (non-hydrogen) atoms. The Morgan fingerprint density at radius 2 is 1.55 bits per heavy atom. The Labute approximate surface area is 168 Å². The van der Waals surface area contributed by atoms with E-state index in [4.69, 9.17) is 0 Å². The van der Waals surface area contributed by atoms with E-state index >= 15 is 0 Å². The molecule has 0 radical (unpaired) electrons. The lowest BCUT2D eigenvalue weighted by atomic mass is 10.1. The van der Waals surface area contributed by atoms with Crippen molar-refractivity contribution in [3.05, 3.63) is 89.3 Å². The van der Waals surface area contributed by atoms with Crippen molar-refractivity contribution in [2.75, 3.05) is 4.90 Å². The first kappa shape index (κ1) is 18.4. The van der Waals surface area contributed by atoms with Crippen molar-refractivity contribution in [3.8, 4) is 5.69 Å². The molecule has 0 saturated carbocycles. The van der Waals surface area contributed by atoms with Crippen LogP contribution in [0.4, 0.5) is 10.5 Å². The third-order valence-corrected chi connectivity index (χ3v) is 4.65. The number of benzene rings is 2. The van der Waals surface area contributed by atoms with Crippen LogP contribution in [0.1, 0.15) is 16.7 Å². The fraction of sp³-hybridized carbons (Fsp3) is 0.0870. The van der Waals surface area contributed by atoms with Crippen molar-refractivity contribution in [3.63, 3.8) is 0 Å². The Hall–Kier alpha value is -3.93. The van der Waals surface area contributed by atoms with Crippen molar-refractivity contribution in [2.45, 2.75) is 13.8 Å². The molecular formula is C23H19N3O3. The number of carbonyl (C=O) groups is 3. The molecule has 0 unspecified atom stereocenters. The largest absolute Gasteiger partial charge is 0.335 e. The highest BCUT2D eigenvalue weighted by atomic mass is 16.2. The number of para-hydroxylation sites is 1. The minimum Gasteiger partial charge on any atom is -0.323 e. The van der Waals surface area contributed by atoms with Crippen molar-refractivity contribution >= 4 is 29.6 Å². The summed E-state index contributed by atoms with van der Waals surface area (Å²) in [5.74, 6) is -1.34. The van der Waals surface area contributed by atoms with E-state index in [0.717, 1.165) is 21.7 Å². The summed E-state index contributed by atoms with van der Waals surface area (Å²) >= 11 is 0. The van der Waals surface area contributed by atoms with Crippen molar-refractivity contribution in [2.24, 2.45) is 0 Å². The van der Waals surface area contributed by atoms with Crippen molar-refractivity contribution < 1.29 is 14.4 Å². The van der Waals surface area contributed by atoms with Gasteiger partial charge in [0.05, 0.1) is 5.69 Å². The average Bonchev–Trinajstić information content (AvgIpc) is 3.14. The van der Waals surface area contributed by atoms with Gasteiger partial charge in [-0.1, -0.05) is 24.3 Å². The number of hydrogen-bond donors (Lipinski definition) is 1. The molecule has 2 heterocycles. The molecule has 0 atom stereocenters. The summed E-state index contributed by atoms with van der Waals surface area (Å²) in [7, 11) is 0. The zero-order valence-corrected chi connectivity index (χ0v) is 16.0. The molecule has 4 rings (SSSR count). The molecule has 0 bridgehead atoms. The third kappa shape index (κ3) is 3.60. The van der Waals surface area contributed by atoms with Gasteiger partial charge in [-0.25, -0.2) is 9.69 Å². The summed E-state index contributed by atoms with van der Waals surface area (Å²) in [6.45, 7) is 3.77. The number of nitrogens with one attached hydrogen (secondary N) is 1. The van der Waals surface area contributed by atoms with Crippen LogP contribution in [0.5, 0.6) is 0 Å². The van der Waals surface area contributed by atoms with E-state index in [0.29, 0.717) is 11.3 Å². The topological polar surface area (TPSA) is 71.4 Å². The smallest absolute Gasteiger partial charge is 0.323 e. The maximum Gasteiger partial charge on any atom is 0.335 e. The van der Waals surface area contributed by atoms with Gasteiger partial charge in [-0.3, -0.25) is 14.9 Å². The molecule has 0 spiro atoms. The fourth-order valence-electron chi connectivity index (χ4n) is 3.40. The molecule has 1 aliphatic rings. The Morgan fingerprint density at radius 1 is 0.862 bits per heavy atom. The molecule has 1 aromatic heterocycles. The Balaban J connectivity index is 1.70. The van der Waals surface area contributed by atoms with E-state index in [1.807, 2.05) is 67.2 Å². The number of carbonyl (C=O) groups excluding carboxylic acids is 3. The summed E-state index contributed by atoms with van der Waals surface area (Å²) in [4.78, 5) is 38.7. The zero-order chi connectivity index (χ0) is 20.5. The van der Waals surface area contributed by atoms with Crippen LogP contribution in [0.25, 0.3) is 11.8 Å². The number of rotatable bonds is 3. The van der Waals surface area contributed by atoms with Crippen LogP contribution in [0.2, 0.25) is 0 Å². The number of barbiturate groups is 1. The molecule has 0 aliphatic carbocycles. The van der Waals surface area contributed by atoms with E-state index in [1.54, 1.807) is 18.2 Å². The van der Waals surface area contributed by atoms with Crippen molar-refractivity contribution in [1.82, 2.24) is 9.88 Å². The maximum atomic E-state index is 13.0. The predicted octanol–water partition coefficient (Wildman–Crippen LogP) is 3.76. The summed E-state index contributed by atoms with van der Waals surface area (Å²) in [5, 5.41) is 2.26. The second-order valence-electron chi connectivity index (χ2n) is 6.99. The average molecular weight is 385 g/mol. The van der Waals surface area contributed by atoms with Crippen LogP contribution < -0.4 is 10.2 Å². The van der Waals surface area contributed by atoms with Crippen LogP contribution in [0.3, 0.4) is 0 Å². The van der Waals surface area contributed by atoms with Crippen LogP contribution in [0, 0.1) is 13.8 Å². The Kier molecular flexibility index (Phi) is 4.60. The second kappa shape index (κ2) is 7.24. The summed E-state index contributed by atoms with van der Waals surface area (Å²) in [6, 6.07) is 16.2. The van der Waals surface area contributed by atoms with Gasteiger partial charge in [0.15, 0.2) is 0 Å². The molecular weight excluding hydrogens is 366 g/mol. The molecule has 1 fully saturated rings. The van der Waals surface area contributed by atoms with E-state index in [-0.39, 0.29) is 5.57 Å². The SMILES string of the molecule is Cc1cc(C)cc(N2C(=O)NC(=O)/C(=C/c3ccn(-c4ccccc4)c3)C2=O)c1. The van der Waals surface area contributed by atoms with Gasteiger partial charge in [0.2, 0.25) is 0 Å². The van der Waals surface area contributed by atoms with Crippen LogP contribution in [-0.4, -0.2) is 22.4 Å². The second-order valence-corrected chi connectivity index (χ2v) is 6.99. The first-order chi connectivity index (χ1) is 13.9. The molecule has 3 aromatic rings. The van der Waals surface area contributed by atoms with Gasteiger partial charge < -0.3 is 4.57 Å². The van der Waals surface area contributed by atoms with E-state index in [2.05, 4.69) is 5.32 Å². The lowest BCUT2D eigenvalue weighted by Gasteiger charge is -2.26. The summed E-state index contributed by atoms with van der Waals surface area (Å²) in [5.41, 5.74) is 3.83. The normalized spacial score (nSPS) is 15.7. The zero-order valence-electron chi connectivity index (χ0n) is 16.0. The number of amides is 4. The lowest BCUT2D eigenvalue weighted by Crippen LogP contribution is -2.54. The number of urea groups is 1. The minimum absolute atomic E-state index is 0.0884. The number of nitrogens with zero attached hydrogens (tertiary/aromatic N) is 2. The quantitative estimate of drug-likeness (QED) is 0.551. The van der Waals surface area contributed by atoms with Gasteiger partial charge in [-0.05, 0) is 66.9 Å². The highest BCUT2D eigenvalue weighted by molar-refractivity contribution is 6.39. The first-order valence-corrected chi connectivity index (χ1v) is 9.15. The number of imide groups is 2. The summed E-state index contributed by atoms with van der Waals surface area (Å²) < 4.78 is 1.89. The Morgan fingerprint density at radius 3 is 2.24 bits per heavy atom. The number of aryl methyl sites for hydroxylation is 2. The maximum absolute atomic E-state index is 13.0. The number of aromatic nitrogens is 1. The molecule has 2 aromatic carbocycles. The molecule has 144 valence electrons. The van der Waals surface area contributed by atoms with Gasteiger partial charge in [0.1, 0.15) is 5.57 Å². The van der Waals surface area contributed by atoms with Gasteiger partial charge in [0, 0.05) is 18.1 Å². The van der Waals surface area contributed by atoms with Gasteiger partial charge >= 0.3 is 6.03 Å². The van der Waals surface area contributed by atoms with Gasteiger partial charge in [0.25, 0.3) is 11.8 Å². The van der Waals surface area contributed by atoms with Crippen LogP contribution >= 0.6 is 0 Å². The van der Waals surface area contributed by atoms with Crippen LogP contribution in [-0.2, 0) is 9.59 Å². The number of anilines is 1. The number of hydrogen-bond acceptors (Lipinski definition) is 3. The fourth-order valence-corrected chi connectivity index (χ4v) is 3.40. The molecule has 6 heteroatoms. The van der Waals surface area contributed by atoms with E-state index < -0.39 is 17.8 Å². The Bertz CT molecular complexity index is 1140. The van der Waals surface area contributed by atoms with Gasteiger partial charge in [-0.15, -0.1) is 0 Å².